The van der Waals surface area contributed by atoms with Gasteiger partial charge < -0.3 is 9.47 Å². The SMILES string of the molecule is C#CCC1C=CC(OC)C(CCCC(=C)CBr)O1. The number of halogens is 1. The minimum absolute atomic E-state index is 0.0331. The summed E-state index contributed by atoms with van der Waals surface area (Å²) in [6, 6.07) is 0. The standard InChI is InChI=1S/C15H21BrO2/c1-4-6-13-9-10-14(17-3)15(18-13)8-5-7-12(2)11-16/h1,9-10,13-15H,2,5-8,11H2,3H3. The summed E-state index contributed by atoms with van der Waals surface area (Å²) in [6.07, 6.45) is 13.2. The molecule has 1 aliphatic rings. The number of allylic oxidation sites excluding steroid dienone is 1. The summed E-state index contributed by atoms with van der Waals surface area (Å²) in [6.45, 7) is 3.98. The number of hydrogen-bond acceptors (Lipinski definition) is 2. The maximum Gasteiger partial charge on any atom is 0.101 e. The average Bonchev–Trinajstić information content (AvgIpc) is 2.39. The molecule has 0 radical (unpaired) electrons. The van der Waals surface area contributed by atoms with Gasteiger partial charge in [0, 0.05) is 18.9 Å². The summed E-state index contributed by atoms with van der Waals surface area (Å²) in [5.74, 6) is 2.64. The Morgan fingerprint density at radius 3 is 2.94 bits per heavy atom. The van der Waals surface area contributed by atoms with Gasteiger partial charge in [0.25, 0.3) is 0 Å². The zero-order chi connectivity index (χ0) is 13.4. The summed E-state index contributed by atoms with van der Waals surface area (Å²) in [7, 11) is 1.71. The van der Waals surface area contributed by atoms with Crippen molar-refractivity contribution >= 4 is 15.9 Å². The highest BCUT2D eigenvalue weighted by Gasteiger charge is 2.26. The van der Waals surface area contributed by atoms with Gasteiger partial charge in [0.1, 0.15) is 6.10 Å². The Morgan fingerprint density at radius 1 is 1.56 bits per heavy atom. The van der Waals surface area contributed by atoms with Crippen molar-refractivity contribution in [1.29, 1.82) is 0 Å². The summed E-state index contributed by atoms with van der Waals surface area (Å²) < 4.78 is 11.4. The van der Waals surface area contributed by atoms with Gasteiger partial charge in [-0.2, -0.15) is 0 Å². The van der Waals surface area contributed by atoms with E-state index in [1.165, 1.54) is 5.57 Å². The van der Waals surface area contributed by atoms with E-state index in [1.54, 1.807) is 7.11 Å². The van der Waals surface area contributed by atoms with Crippen LogP contribution in [0.4, 0.5) is 0 Å². The van der Waals surface area contributed by atoms with Crippen molar-refractivity contribution in [3.8, 4) is 12.3 Å². The summed E-state index contributed by atoms with van der Waals surface area (Å²) >= 11 is 3.41. The summed E-state index contributed by atoms with van der Waals surface area (Å²) in [5, 5.41) is 0.867. The quantitative estimate of drug-likeness (QED) is 0.407. The molecule has 0 N–H and O–H groups in total. The number of rotatable bonds is 7. The molecule has 2 nitrogen and oxygen atoms in total. The van der Waals surface area contributed by atoms with Crippen LogP contribution in [0.15, 0.2) is 24.3 Å². The molecular formula is C15H21BrO2. The fourth-order valence-corrected chi connectivity index (χ4v) is 2.30. The number of alkyl halides is 1. The van der Waals surface area contributed by atoms with Crippen molar-refractivity contribution in [1.82, 2.24) is 0 Å². The van der Waals surface area contributed by atoms with Crippen molar-refractivity contribution in [3.05, 3.63) is 24.3 Å². The van der Waals surface area contributed by atoms with E-state index < -0.39 is 0 Å². The molecule has 1 rings (SSSR count). The molecule has 3 heteroatoms. The summed E-state index contributed by atoms with van der Waals surface area (Å²) in [4.78, 5) is 0. The van der Waals surface area contributed by atoms with Crippen molar-refractivity contribution in [2.24, 2.45) is 0 Å². The fourth-order valence-electron chi connectivity index (χ4n) is 2.02. The number of hydrogen-bond donors (Lipinski definition) is 0. The zero-order valence-electron chi connectivity index (χ0n) is 10.9. The van der Waals surface area contributed by atoms with Gasteiger partial charge in [-0.25, -0.2) is 0 Å². The lowest BCUT2D eigenvalue weighted by Gasteiger charge is -2.31. The smallest absolute Gasteiger partial charge is 0.101 e. The Kier molecular flexibility index (Phi) is 7.34. The van der Waals surface area contributed by atoms with Crippen LogP contribution >= 0.6 is 15.9 Å². The molecule has 3 unspecified atom stereocenters. The second-order valence-corrected chi connectivity index (χ2v) is 5.04. The third kappa shape index (κ3) is 4.97. The number of terminal acetylenes is 1. The first-order chi connectivity index (χ1) is 8.71. The minimum atomic E-state index is 0.0331. The van der Waals surface area contributed by atoms with Gasteiger partial charge in [-0.15, -0.1) is 12.3 Å². The normalized spacial score (nSPS) is 26.8. The van der Waals surface area contributed by atoms with Crippen LogP contribution in [0.25, 0.3) is 0 Å². The first-order valence-electron chi connectivity index (χ1n) is 6.24. The van der Waals surface area contributed by atoms with Crippen molar-refractivity contribution in [2.75, 3.05) is 12.4 Å². The van der Waals surface area contributed by atoms with Gasteiger partial charge in [0.2, 0.25) is 0 Å². The van der Waals surface area contributed by atoms with Crippen LogP contribution < -0.4 is 0 Å². The predicted molar refractivity (Wildman–Crippen MR) is 78.8 cm³/mol. The highest BCUT2D eigenvalue weighted by molar-refractivity contribution is 9.09. The van der Waals surface area contributed by atoms with Gasteiger partial charge in [-0.05, 0) is 19.3 Å². The van der Waals surface area contributed by atoms with Crippen LogP contribution in [0.5, 0.6) is 0 Å². The molecule has 0 fully saturated rings. The van der Waals surface area contributed by atoms with Gasteiger partial charge in [0.05, 0.1) is 12.2 Å². The van der Waals surface area contributed by atoms with Gasteiger partial charge in [0.15, 0.2) is 0 Å². The Hall–Kier alpha value is -0.560. The highest BCUT2D eigenvalue weighted by atomic mass is 79.9. The molecule has 0 spiro atoms. The molecule has 18 heavy (non-hydrogen) atoms. The largest absolute Gasteiger partial charge is 0.375 e. The molecule has 0 aromatic heterocycles. The molecule has 0 aromatic carbocycles. The van der Waals surface area contributed by atoms with Gasteiger partial charge in [-0.3, -0.25) is 0 Å². The van der Waals surface area contributed by atoms with Crippen molar-refractivity contribution in [2.45, 2.75) is 44.0 Å². The van der Waals surface area contributed by atoms with Crippen molar-refractivity contribution in [3.63, 3.8) is 0 Å². The first-order valence-corrected chi connectivity index (χ1v) is 7.36. The predicted octanol–water partition coefficient (Wildman–Crippen LogP) is 3.47. The number of ether oxygens (including phenoxy) is 2. The van der Waals surface area contributed by atoms with E-state index in [0.29, 0.717) is 6.42 Å². The molecular weight excluding hydrogens is 292 g/mol. The number of methoxy groups -OCH3 is 1. The molecule has 0 saturated heterocycles. The van der Waals surface area contributed by atoms with Gasteiger partial charge in [-0.1, -0.05) is 40.2 Å². The topological polar surface area (TPSA) is 18.5 Å². The maximum atomic E-state index is 5.95. The Bertz CT molecular complexity index is 330. The Balaban J connectivity index is 2.43. The van der Waals surface area contributed by atoms with Crippen LogP contribution in [-0.4, -0.2) is 30.8 Å². The molecule has 0 aromatic rings. The second kappa shape index (κ2) is 8.53. The lowest BCUT2D eigenvalue weighted by molar-refractivity contribution is -0.0720. The third-order valence-electron chi connectivity index (χ3n) is 3.03. The maximum absolute atomic E-state index is 5.95. The molecule has 0 aliphatic carbocycles. The molecule has 1 aliphatic heterocycles. The first kappa shape index (κ1) is 15.5. The highest BCUT2D eigenvalue weighted by Crippen LogP contribution is 2.22. The zero-order valence-corrected chi connectivity index (χ0v) is 12.5. The van der Waals surface area contributed by atoms with E-state index in [0.717, 1.165) is 24.6 Å². The lowest BCUT2D eigenvalue weighted by Crippen LogP contribution is -2.36. The van der Waals surface area contributed by atoms with E-state index in [9.17, 15) is 0 Å². The second-order valence-electron chi connectivity index (χ2n) is 4.48. The van der Waals surface area contributed by atoms with Crippen LogP contribution in [-0.2, 0) is 9.47 Å². The van der Waals surface area contributed by atoms with Crippen LogP contribution in [0.1, 0.15) is 25.7 Å². The van der Waals surface area contributed by atoms with E-state index in [4.69, 9.17) is 15.9 Å². The third-order valence-corrected chi connectivity index (χ3v) is 3.82. The summed E-state index contributed by atoms with van der Waals surface area (Å²) in [5.41, 5.74) is 1.22. The van der Waals surface area contributed by atoms with Crippen LogP contribution in [0.3, 0.4) is 0 Å². The van der Waals surface area contributed by atoms with E-state index >= 15 is 0 Å². The fraction of sp³-hybridized carbons (Fsp3) is 0.600. The Morgan fingerprint density at radius 2 is 2.33 bits per heavy atom. The molecule has 0 amide bonds. The molecule has 3 atom stereocenters. The lowest BCUT2D eigenvalue weighted by atomic mass is 10.0. The van der Waals surface area contributed by atoms with Crippen LogP contribution in [0, 0.1) is 12.3 Å². The van der Waals surface area contributed by atoms with Gasteiger partial charge >= 0.3 is 0 Å². The van der Waals surface area contributed by atoms with E-state index in [2.05, 4.69) is 34.5 Å². The molecule has 1 heterocycles. The monoisotopic (exact) mass is 312 g/mol. The van der Waals surface area contributed by atoms with E-state index in [-0.39, 0.29) is 18.3 Å². The molecule has 100 valence electrons. The van der Waals surface area contributed by atoms with Crippen molar-refractivity contribution < 1.29 is 9.47 Å². The average molecular weight is 313 g/mol. The Labute approximate surface area is 119 Å². The van der Waals surface area contributed by atoms with Crippen LogP contribution in [0.2, 0.25) is 0 Å². The molecule has 0 bridgehead atoms. The minimum Gasteiger partial charge on any atom is -0.375 e. The van der Waals surface area contributed by atoms with E-state index in [1.807, 2.05) is 6.08 Å². The molecule has 0 saturated carbocycles.